The molecule has 16 heavy (non-hydrogen) atoms. The van der Waals surface area contributed by atoms with Gasteiger partial charge in [0.2, 0.25) is 11.8 Å². The fraction of sp³-hybridized carbons (Fsp3) is 0.818. The number of hydrogen-bond donors (Lipinski definition) is 2. The zero-order valence-electron chi connectivity index (χ0n) is 9.61. The molecule has 0 aliphatic carbocycles. The van der Waals surface area contributed by atoms with Crippen LogP contribution in [0.3, 0.4) is 0 Å². The smallest absolute Gasteiger partial charge is 0.245 e. The molecule has 0 aromatic heterocycles. The summed E-state index contributed by atoms with van der Waals surface area (Å²) in [4.78, 5) is 25.0. The van der Waals surface area contributed by atoms with Crippen molar-refractivity contribution in [3.05, 3.63) is 0 Å². The Labute approximate surface area is 95.3 Å². The number of hydrogen-bond acceptors (Lipinski definition) is 3. The van der Waals surface area contributed by atoms with Crippen LogP contribution in [0.25, 0.3) is 0 Å². The van der Waals surface area contributed by atoms with Gasteiger partial charge in [-0.1, -0.05) is 6.92 Å². The summed E-state index contributed by atoms with van der Waals surface area (Å²) < 4.78 is 0. The van der Waals surface area contributed by atoms with Gasteiger partial charge in [0, 0.05) is 25.6 Å². The SMILES string of the molecule is CC1CC(N)CN(C(=O)[C@@H]2CCC(=O)N2)C1. The molecule has 0 spiro atoms. The molecule has 2 saturated heterocycles. The van der Waals surface area contributed by atoms with Gasteiger partial charge in [0.25, 0.3) is 0 Å². The molecule has 2 aliphatic heterocycles. The number of nitrogens with zero attached hydrogens (tertiary/aromatic N) is 1. The molecule has 3 atom stereocenters. The van der Waals surface area contributed by atoms with E-state index in [0.29, 0.717) is 25.3 Å². The Hall–Kier alpha value is -1.10. The molecule has 5 heteroatoms. The molecule has 90 valence electrons. The average Bonchev–Trinajstić information content (AvgIpc) is 2.62. The lowest BCUT2D eigenvalue weighted by Crippen LogP contribution is -2.53. The number of likely N-dealkylation sites (tertiary alicyclic amines) is 1. The Morgan fingerprint density at radius 1 is 1.50 bits per heavy atom. The van der Waals surface area contributed by atoms with Gasteiger partial charge in [-0.05, 0) is 18.8 Å². The van der Waals surface area contributed by atoms with Crippen LogP contribution in [-0.4, -0.2) is 41.9 Å². The second-order valence-corrected chi connectivity index (χ2v) is 5.00. The minimum atomic E-state index is -0.315. The van der Waals surface area contributed by atoms with E-state index in [4.69, 9.17) is 5.73 Å². The van der Waals surface area contributed by atoms with Crippen molar-refractivity contribution in [1.82, 2.24) is 10.2 Å². The maximum Gasteiger partial charge on any atom is 0.245 e. The van der Waals surface area contributed by atoms with Crippen molar-refractivity contribution >= 4 is 11.8 Å². The fourth-order valence-electron chi connectivity index (χ4n) is 2.60. The lowest BCUT2D eigenvalue weighted by Gasteiger charge is -2.36. The summed E-state index contributed by atoms with van der Waals surface area (Å²) in [6.45, 7) is 3.49. The molecule has 0 aromatic carbocycles. The molecule has 2 amide bonds. The zero-order valence-corrected chi connectivity index (χ0v) is 9.61. The van der Waals surface area contributed by atoms with Crippen LogP contribution in [0.4, 0.5) is 0 Å². The Morgan fingerprint density at radius 2 is 2.25 bits per heavy atom. The highest BCUT2D eigenvalue weighted by atomic mass is 16.2. The minimum Gasteiger partial charge on any atom is -0.344 e. The largest absolute Gasteiger partial charge is 0.344 e. The van der Waals surface area contributed by atoms with Gasteiger partial charge >= 0.3 is 0 Å². The Kier molecular flexibility index (Phi) is 3.14. The first-order valence-electron chi connectivity index (χ1n) is 5.90. The zero-order chi connectivity index (χ0) is 11.7. The molecule has 2 heterocycles. The van der Waals surface area contributed by atoms with Crippen LogP contribution in [0.1, 0.15) is 26.2 Å². The lowest BCUT2D eigenvalue weighted by atomic mass is 9.96. The van der Waals surface area contributed by atoms with Gasteiger partial charge in [-0.25, -0.2) is 0 Å². The van der Waals surface area contributed by atoms with Crippen LogP contribution in [0.15, 0.2) is 0 Å². The van der Waals surface area contributed by atoms with E-state index in [-0.39, 0.29) is 23.9 Å². The highest BCUT2D eigenvalue weighted by molar-refractivity contribution is 5.90. The molecule has 0 saturated carbocycles. The van der Waals surface area contributed by atoms with Gasteiger partial charge in [0.05, 0.1) is 0 Å². The second-order valence-electron chi connectivity index (χ2n) is 5.00. The van der Waals surface area contributed by atoms with Crippen LogP contribution < -0.4 is 11.1 Å². The third kappa shape index (κ3) is 2.35. The number of nitrogens with one attached hydrogen (secondary N) is 1. The van der Waals surface area contributed by atoms with Gasteiger partial charge in [-0.15, -0.1) is 0 Å². The van der Waals surface area contributed by atoms with Crippen molar-refractivity contribution in [3.63, 3.8) is 0 Å². The first kappa shape index (κ1) is 11.4. The minimum absolute atomic E-state index is 0.0206. The van der Waals surface area contributed by atoms with Crippen molar-refractivity contribution in [2.75, 3.05) is 13.1 Å². The lowest BCUT2D eigenvalue weighted by molar-refractivity contribution is -0.136. The van der Waals surface area contributed by atoms with Crippen molar-refractivity contribution in [2.24, 2.45) is 11.7 Å². The van der Waals surface area contributed by atoms with Crippen LogP contribution in [0.5, 0.6) is 0 Å². The number of carbonyl (C=O) groups is 2. The third-order valence-corrected chi connectivity index (χ3v) is 3.30. The molecule has 5 nitrogen and oxygen atoms in total. The van der Waals surface area contributed by atoms with E-state index >= 15 is 0 Å². The van der Waals surface area contributed by atoms with Gasteiger partial charge in [-0.2, -0.15) is 0 Å². The van der Waals surface area contributed by atoms with Gasteiger partial charge in [-0.3, -0.25) is 9.59 Å². The molecule has 0 bridgehead atoms. The van der Waals surface area contributed by atoms with E-state index < -0.39 is 0 Å². The molecule has 0 aromatic rings. The number of rotatable bonds is 1. The maximum absolute atomic E-state index is 12.1. The van der Waals surface area contributed by atoms with E-state index in [9.17, 15) is 9.59 Å². The van der Waals surface area contributed by atoms with Crippen molar-refractivity contribution in [1.29, 1.82) is 0 Å². The maximum atomic E-state index is 12.1. The quantitative estimate of drug-likeness (QED) is 0.629. The number of amides is 2. The van der Waals surface area contributed by atoms with Crippen LogP contribution in [-0.2, 0) is 9.59 Å². The van der Waals surface area contributed by atoms with Crippen molar-refractivity contribution in [2.45, 2.75) is 38.3 Å². The van der Waals surface area contributed by atoms with Crippen LogP contribution in [0, 0.1) is 5.92 Å². The monoisotopic (exact) mass is 225 g/mol. The summed E-state index contributed by atoms with van der Waals surface area (Å²) in [5.74, 6) is 0.463. The highest BCUT2D eigenvalue weighted by Gasteiger charge is 2.33. The fourth-order valence-corrected chi connectivity index (χ4v) is 2.60. The van der Waals surface area contributed by atoms with Crippen molar-refractivity contribution in [3.8, 4) is 0 Å². The second kappa shape index (κ2) is 4.41. The summed E-state index contributed by atoms with van der Waals surface area (Å²) in [6.07, 6.45) is 2.06. The van der Waals surface area contributed by atoms with E-state index in [1.165, 1.54) is 0 Å². The average molecular weight is 225 g/mol. The predicted molar refractivity (Wildman–Crippen MR) is 59.5 cm³/mol. The van der Waals surface area contributed by atoms with Gasteiger partial charge in [0.15, 0.2) is 0 Å². The van der Waals surface area contributed by atoms with Gasteiger partial charge < -0.3 is 16.0 Å². The molecule has 2 rings (SSSR count). The summed E-state index contributed by atoms with van der Waals surface area (Å²) in [5.41, 5.74) is 5.90. The molecule has 2 unspecified atom stereocenters. The molecule has 2 aliphatic rings. The molecule has 2 fully saturated rings. The molecular weight excluding hydrogens is 206 g/mol. The first-order chi connectivity index (χ1) is 7.56. The van der Waals surface area contributed by atoms with Crippen molar-refractivity contribution < 1.29 is 9.59 Å². The Bertz CT molecular complexity index is 296. The number of nitrogens with two attached hydrogens (primary N) is 1. The van der Waals surface area contributed by atoms with Crippen LogP contribution >= 0.6 is 0 Å². The summed E-state index contributed by atoms with van der Waals surface area (Å²) >= 11 is 0. The Morgan fingerprint density at radius 3 is 2.81 bits per heavy atom. The molecular formula is C11H19N3O2. The van der Waals surface area contributed by atoms with Crippen LogP contribution in [0.2, 0.25) is 0 Å². The Balaban J connectivity index is 1.96. The normalized spacial score (nSPS) is 35.0. The van der Waals surface area contributed by atoms with E-state index in [1.54, 1.807) is 4.90 Å². The predicted octanol–water partition coefficient (Wildman–Crippen LogP) is -0.539. The van der Waals surface area contributed by atoms with E-state index in [1.807, 2.05) is 0 Å². The molecule has 3 N–H and O–H groups in total. The van der Waals surface area contributed by atoms with E-state index in [0.717, 1.165) is 13.0 Å². The summed E-state index contributed by atoms with van der Waals surface area (Å²) in [6, 6.07) is -0.241. The third-order valence-electron chi connectivity index (χ3n) is 3.30. The number of carbonyl (C=O) groups excluding carboxylic acids is 2. The van der Waals surface area contributed by atoms with E-state index in [2.05, 4.69) is 12.2 Å². The first-order valence-corrected chi connectivity index (χ1v) is 5.90. The summed E-state index contributed by atoms with van der Waals surface area (Å²) in [7, 11) is 0. The molecule has 0 radical (unpaired) electrons. The summed E-state index contributed by atoms with van der Waals surface area (Å²) in [5, 5.41) is 2.71. The van der Waals surface area contributed by atoms with Gasteiger partial charge in [0.1, 0.15) is 6.04 Å². The standard InChI is InChI=1S/C11H19N3O2/c1-7-4-8(12)6-14(5-7)11(16)9-2-3-10(15)13-9/h7-9H,2-6,12H2,1H3,(H,13,15)/t7?,8?,9-/m0/s1. The number of piperidine rings is 1. The highest BCUT2D eigenvalue weighted by Crippen LogP contribution is 2.18. The topological polar surface area (TPSA) is 75.4 Å².